The Hall–Kier alpha value is -2.66. The molecule has 5 heteroatoms. The van der Waals surface area contributed by atoms with Crippen LogP contribution in [0.15, 0.2) is 60.0 Å². The average molecular weight is 352 g/mol. The van der Waals surface area contributed by atoms with E-state index in [1.807, 2.05) is 29.6 Å². The van der Waals surface area contributed by atoms with Gasteiger partial charge in [-0.1, -0.05) is 42.5 Å². The van der Waals surface area contributed by atoms with Gasteiger partial charge in [-0.3, -0.25) is 9.59 Å². The predicted molar refractivity (Wildman–Crippen MR) is 102 cm³/mol. The summed E-state index contributed by atoms with van der Waals surface area (Å²) in [5.74, 6) is -0.111. The molecule has 1 N–H and O–H groups in total. The minimum atomic E-state index is -0.125. The second kappa shape index (κ2) is 7.94. The van der Waals surface area contributed by atoms with Crippen LogP contribution in [-0.2, 0) is 11.3 Å². The lowest BCUT2D eigenvalue weighted by Crippen LogP contribution is -2.31. The molecule has 0 aliphatic heterocycles. The molecule has 1 heterocycles. The van der Waals surface area contributed by atoms with Crippen LogP contribution in [0, 0.1) is 0 Å². The molecule has 3 rings (SSSR count). The molecule has 0 bridgehead atoms. The smallest absolute Gasteiger partial charge is 0.261 e. The van der Waals surface area contributed by atoms with Crippen LogP contribution in [0.4, 0.5) is 0 Å². The fourth-order valence-corrected chi connectivity index (χ4v) is 3.31. The van der Waals surface area contributed by atoms with Crippen molar-refractivity contribution in [2.45, 2.75) is 13.0 Å². The third-order valence-corrected chi connectivity index (χ3v) is 4.90. The number of thiophene rings is 1. The molecule has 0 unspecified atom stereocenters. The molecule has 0 spiro atoms. The van der Waals surface area contributed by atoms with Gasteiger partial charge < -0.3 is 10.2 Å². The Bertz CT molecular complexity index is 874. The van der Waals surface area contributed by atoms with E-state index in [0.29, 0.717) is 24.4 Å². The molecule has 2 aromatic carbocycles. The first-order valence-corrected chi connectivity index (χ1v) is 9.05. The summed E-state index contributed by atoms with van der Waals surface area (Å²) in [5, 5.41) is 7.00. The van der Waals surface area contributed by atoms with Crippen molar-refractivity contribution in [3.05, 3.63) is 70.4 Å². The largest absolute Gasteiger partial charge is 0.351 e. The molecule has 0 radical (unpaired) electrons. The van der Waals surface area contributed by atoms with Crippen molar-refractivity contribution < 1.29 is 9.59 Å². The van der Waals surface area contributed by atoms with Crippen LogP contribution < -0.4 is 5.32 Å². The Kier molecular flexibility index (Phi) is 5.46. The van der Waals surface area contributed by atoms with Gasteiger partial charge in [-0.05, 0) is 33.8 Å². The lowest BCUT2D eigenvalue weighted by atomic mass is 10.1. The van der Waals surface area contributed by atoms with Crippen molar-refractivity contribution in [3.63, 3.8) is 0 Å². The summed E-state index contributed by atoms with van der Waals surface area (Å²) in [7, 11) is 1.79. The van der Waals surface area contributed by atoms with Gasteiger partial charge in [-0.2, -0.15) is 0 Å². The molecule has 0 aliphatic rings. The van der Waals surface area contributed by atoms with Gasteiger partial charge >= 0.3 is 0 Å². The number of nitrogens with zero attached hydrogens (tertiary/aromatic N) is 1. The minimum Gasteiger partial charge on any atom is -0.351 e. The first-order valence-electron chi connectivity index (χ1n) is 8.17. The van der Waals surface area contributed by atoms with Crippen LogP contribution in [0.1, 0.15) is 21.7 Å². The van der Waals surface area contributed by atoms with E-state index in [1.165, 1.54) is 22.1 Å². The Morgan fingerprint density at radius 2 is 1.84 bits per heavy atom. The van der Waals surface area contributed by atoms with Crippen molar-refractivity contribution in [3.8, 4) is 0 Å². The molecule has 1 aromatic heterocycles. The van der Waals surface area contributed by atoms with Gasteiger partial charge in [0.15, 0.2) is 0 Å². The van der Waals surface area contributed by atoms with Gasteiger partial charge in [0, 0.05) is 26.6 Å². The number of nitrogens with one attached hydrogen (secondary N) is 1. The van der Waals surface area contributed by atoms with Crippen LogP contribution in [0.5, 0.6) is 0 Å². The highest BCUT2D eigenvalue weighted by molar-refractivity contribution is 7.12. The molecular formula is C20H20N2O2S. The van der Waals surface area contributed by atoms with Gasteiger partial charge in [-0.15, -0.1) is 11.3 Å². The minimum absolute atomic E-state index is 0.0136. The highest BCUT2D eigenvalue weighted by Gasteiger charge is 2.11. The topological polar surface area (TPSA) is 49.4 Å². The van der Waals surface area contributed by atoms with Crippen molar-refractivity contribution in [2.24, 2.45) is 0 Å². The molecular weight excluding hydrogens is 332 g/mol. The molecule has 0 saturated heterocycles. The van der Waals surface area contributed by atoms with E-state index in [9.17, 15) is 9.59 Å². The second-order valence-electron chi connectivity index (χ2n) is 5.91. The molecule has 0 saturated carbocycles. The summed E-state index contributed by atoms with van der Waals surface area (Å²) < 4.78 is 0. The normalized spacial score (nSPS) is 10.6. The standard InChI is InChI=1S/C20H20N2O2S/c1-22(14-15-8-9-16-5-2-3-6-17(16)13-15)19(23)10-11-21-20(24)18-7-4-12-25-18/h2-9,12-13H,10-11,14H2,1H3,(H,21,24). The lowest BCUT2D eigenvalue weighted by molar-refractivity contribution is -0.130. The van der Waals surface area contributed by atoms with Crippen molar-refractivity contribution in [1.82, 2.24) is 10.2 Å². The van der Waals surface area contributed by atoms with Crippen molar-refractivity contribution >= 4 is 33.9 Å². The number of rotatable bonds is 6. The highest BCUT2D eigenvalue weighted by Crippen LogP contribution is 2.16. The zero-order valence-electron chi connectivity index (χ0n) is 14.1. The molecule has 0 atom stereocenters. The van der Waals surface area contributed by atoms with Gasteiger partial charge in [0.2, 0.25) is 5.91 Å². The van der Waals surface area contributed by atoms with Crippen LogP contribution >= 0.6 is 11.3 Å². The van der Waals surface area contributed by atoms with Crippen LogP contribution in [-0.4, -0.2) is 30.3 Å². The van der Waals surface area contributed by atoms with E-state index in [1.54, 1.807) is 18.0 Å². The number of fused-ring (bicyclic) bond motifs is 1. The Morgan fingerprint density at radius 3 is 2.60 bits per heavy atom. The monoisotopic (exact) mass is 352 g/mol. The van der Waals surface area contributed by atoms with Gasteiger partial charge in [0.25, 0.3) is 5.91 Å². The SMILES string of the molecule is CN(Cc1ccc2ccccc2c1)C(=O)CCNC(=O)c1cccs1. The number of amides is 2. The quantitative estimate of drug-likeness (QED) is 0.736. The third-order valence-electron chi connectivity index (χ3n) is 4.03. The Balaban J connectivity index is 1.50. The average Bonchev–Trinajstić information content (AvgIpc) is 3.16. The number of carbonyl (C=O) groups excluding carboxylic acids is 2. The van der Waals surface area contributed by atoms with Gasteiger partial charge in [0.1, 0.15) is 0 Å². The number of carbonyl (C=O) groups is 2. The van der Waals surface area contributed by atoms with Gasteiger partial charge in [0.05, 0.1) is 4.88 Å². The number of benzene rings is 2. The van der Waals surface area contributed by atoms with E-state index < -0.39 is 0 Å². The fraction of sp³-hybridized carbons (Fsp3) is 0.200. The molecule has 0 fully saturated rings. The van der Waals surface area contributed by atoms with Crippen LogP contribution in [0.25, 0.3) is 10.8 Å². The second-order valence-corrected chi connectivity index (χ2v) is 6.86. The van der Waals surface area contributed by atoms with Crippen LogP contribution in [0.2, 0.25) is 0 Å². The van der Waals surface area contributed by atoms with E-state index >= 15 is 0 Å². The zero-order valence-corrected chi connectivity index (χ0v) is 14.9. The molecule has 128 valence electrons. The third kappa shape index (κ3) is 4.45. The predicted octanol–water partition coefficient (Wildman–Crippen LogP) is 3.68. The number of hydrogen-bond acceptors (Lipinski definition) is 3. The van der Waals surface area contributed by atoms with E-state index in [2.05, 4.69) is 29.6 Å². The lowest BCUT2D eigenvalue weighted by Gasteiger charge is -2.18. The Labute approximate surface area is 151 Å². The molecule has 4 nitrogen and oxygen atoms in total. The van der Waals surface area contributed by atoms with E-state index in [4.69, 9.17) is 0 Å². The Morgan fingerprint density at radius 1 is 1.04 bits per heavy atom. The van der Waals surface area contributed by atoms with E-state index in [-0.39, 0.29) is 11.8 Å². The summed E-state index contributed by atoms with van der Waals surface area (Å²) in [5.41, 5.74) is 1.09. The van der Waals surface area contributed by atoms with Gasteiger partial charge in [-0.25, -0.2) is 0 Å². The fourth-order valence-electron chi connectivity index (χ4n) is 2.67. The van der Waals surface area contributed by atoms with Crippen molar-refractivity contribution in [2.75, 3.05) is 13.6 Å². The molecule has 2 amide bonds. The summed E-state index contributed by atoms with van der Waals surface area (Å²) >= 11 is 1.39. The summed E-state index contributed by atoms with van der Waals surface area (Å²) in [6.07, 6.45) is 0.293. The summed E-state index contributed by atoms with van der Waals surface area (Å²) in [6.45, 7) is 0.903. The molecule has 25 heavy (non-hydrogen) atoms. The van der Waals surface area contributed by atoms with Crippen molar-refractivity contribution in [1.29, 1.82) is 0 Å². The first-order chi connectivity index (χ1) is 12.1. The number of hydrogen-bond donors (Lipinski definition) is 1. The first kappa shape index (κ1) is 17.2. The maximum Gasteiger partial charge on any atom is 0.261 e. The molecule has 3 aromatic rings. The summed E-state index contributed by atoms with van der Waals surface area (Å²) in [4.78, 5) is 26.5. The molecule has 0 aliphatic carbocycles. The van der Waals surface area contributed by atoms with Crippen LogP contribution in [0.3, 0.4) is 0 Å². The maximum absolute atomic E-state index is 12.3. The van der Waals surface area contributed by atoms with E-state index in [0.717, 1.165) is 5.56 Å². The maximum atomic E-state index is 12.3. The highest BCUT2D eigenvalue weighted by atomic mass is 32.1. The summed E-state index contributed by atoms with van der Waals surface area (Å²) in [6, 6.07) is 18.0. The zero-order chi connectivity index (χ0) is 17.6.